The standard InChI is InChI=1S/C9H14O3/c1-8(10)4-6-9(11-2,12-3)7-5-8/h4-7,10H,1-3H3. The molecule has 0 saturated heterocycles. The van der Waals surface area contributed by atoms with Gasteiger partial charge in [-0.25, -0.2) is 0 Å². The fourth-order valence-electron chi connectivity index (χ4n) is 1.04. The van der Waals surface area contributed by atoms with E-state index >= 15 is 0 Å². The van der Waals surface area contributed by atoms with E-state index in [0.717, 1.165) is 0 Å². The summed E-state index contributed by atoms with van der Waals surface area (Å²) in [5.41, 5.74) is -0.888. The number of hydrogen-bond donors (Lipinski definition) is 1. The molecule has 1 aliphatic rings. The lowest BCUT2D eigenvalue weighted by molar-refractivity contribution is -0.136. The molecule has 0 fully saturated rings. The Balaban J connectivity index is 2.83. The van der Waals surface area contributed by atoms with Crippen LogP contribution in [0.25, 0.3) is 0 Å². The van der Waals surface area contributed by atoms with Gasteiger partial charge in [0.15, 0.2) is 0 Å². The van der Waals surface area contributed by atoms with Crippen molar-refractivity contribution in [2.75, 3.05) is 14.2 Å². The first-order valence-corrected chi connectivity index (χ1v) is 3.77. The van der Waals surface area contributed by atoms with Crippen molar-refractivity contribution in [1.82, 2.24) is 0 Å². The molecule has 3 heteroatoms. The molecule has 0 heterocycles. The zero-order valence-corrected chi connectivity index (χ0v) is 7.57. The molecule has 0 spiro atoms. The molecule has 0 aromatic carbocycles. The summed E-state index contributed by atoms with van der Waals surface area (Å²) in [5.74, 6) is -0.803. The van der Waals surface area contributed by atoms with Crippen molar-refractivity contribution in [3.8, 4) is 0 Å². The van der Waals surface area contributed by atoms with Crippen molar-refractivity contribution in [1.29, 1.82) is 0 Å². The summed E-state index contributed by atoms with van der Waals surface area (Å²) in [4.78, 5) is 0. The van der Waals surface area contributed by atoms with Gasteiger partial charge in [-0.3, -0.25) is 0 Å². The SMILES string of the molecule is COC1(OC)C=CC(C)(O)C=C1. The second kappa shape index (κ2) is 3.01. The Hall–Kier alpha value is -0.640. The summed E-state index contributed by atoms with van der Waals surface area (Å²) >= 11 is 0. The van der Waals surface area contributed by atoms with E-state index in [0.29, 0.717) is 0 Å². The zero-order chi connectivity index (χ0) is 9.24. The van der Waals surface area contributed by atoms with E-state index in [2.05, 4.69) is 0 Å². The van der Waals surface area contributed by atoms with Crippen LogP contribution in [0.15, 0.2) is 24.3 Å². The van der Waals surface area contributed by atoms with Crippen molar-refractivity contribution in [2.45, 2.75) is 18.3 Å². The maximum Gasteiger partial charge on any atom is 0.207 e. The molecule has 1 N–H and O–H groups in total. The van der Waals surface area contributed by atoms with Crippen molar-refractivity contribution < 1.29 is 14.6 Å². The highest BCUT2D eigenvalue weighted by Gasteiger charge is 2.29. The van der Waals surface area contributed by atoms with Crippen molar-refractivity contribution >= 4 is 0 Å². The first-order chi connectivity index (χ1) is 5.54. The predicted octanol–water partition coefficient (Wildman–Crippen LogP) is 0.853. The first kappa shape index (κ1) is 9.45. The number of ether oxygens (including phenoxy) is 2. The lowest BCUT2D eigenvalue weighted by Crippen LogP contribution is -2.34. The third kappa shape index (κ3) is 1.75. The normalized spacial score (nSPS) is 24.3. The van der Waals surface area contributed by atoms with Crippen LogP contribution in [0.4, 0.5) is 0 Å². The molecule has 0 unspecified atom stereocenters. The molecular weight excluding hydrogens is 156 g/mol. The average Bonchev–Trinajstić information content (AvgIpc) is 2.06. The van der Waals surface area contributed by atoms with E-state index in [1.165, 1.54) is 0 Å². The molecule has 1 rings (SSSR count). The van der Waals surface area contributed by atoms with Crippen LogP contribution in [-0.2, 0) is 9.47 Å². The van der Waals surface area contributed by atoms with Crippen LogP contribution < -0.4 is 0 Å². The molecule has 0 amide bonds. The summed E-state index contributed by atoms with van der Waals surface area (Å²) in [7, 11) is 3.11. The molecule has 0 aromatic heterocycles. The Bertz CT molecular complexity index is 194. The molecule has 0 saturated carbocycles. The van der Waals surface area contributed by atoms with Crippen LogP contribution in [0.5, 0.6) is 0 Å². The van der Waals surface area contributed by atoms with E-state index in [9.17, 15) is 5.11 Å². The Morgan fingerprint density at radius 1 is 1.00 bits per heavy atom. The third-order valence-electron chi connectivity index (χ3n) is 1.94. The summed E-state index contributed by atoms with van der Waals surface area (Å²) in [6, 6.07) is 0. The lowest BCUT2D eigenvalue weighted by atomic mass is 9.97. The molecule has 0 bridgehead atoms. The van der Waals surface area contributed by atoms with E-state index in [-0.39, 0.29) is 0 Å². The molecule has 12 heavy (non-hydrogen) atoms. The fraction of sp³-hybridized carbons (Fsp3) is 0.556. The quantitative estimate of drug-likeness (QED) is 0.493. The average molecular weight is 170 g/mol. The Kier molecular flexibility index (Phi) is 2.37. The lowest BCUT2D eigenvalue weighted by Gasteiger charge is -2.29. The van der Waals surface area contributed by atoms with Gasteiger partial charge in [0, 0.05) is 14.2 Å². The number of aliphatic hydroxyl groups is 1. The van der Waals surface area contributed by atoms with Gasteiger partial charge in [0.2, 0.25) is 5.79 Å². The second-order valence-electron chi connectivity index (χ2n) is 3.02. The molecule has 0 aliphatic heterocycles. The molecule has 0 radical (unpaired) electrons. The van der Waals surface area contributed by atoms with Gasteiger partial charge in [-0.2, -0.15) is 0 Å². The monoisotopic (exact) mass is 170 g/mol. The van der Waals surface area contributed by atoms with Crippen LogP contribution in [0, 0.1) is 0 Å². The molecule has 68 valence electrons. The molecular formula is C9H14O3. The van der Waals surface area contributed by atoms with E-state index < -0.39 is 11.4 Å². The van der Waals surface area contributed by atoms with Crippen molar-refractivity contribution in [3.63, 3.8) is 0 Å². The fourth-order valence-corrected chi connectivity index (χ4v) is 1.04. The highest BCUT2D eigenvalue weighted by molar-refractivity contribution is 5.25. The van der Waals surface area contributed by atoms with Crippen molar-refractivity contribution in [3.05, 3.63) is 24.3 Å². The van der Waals surface area contributed by atoms with Gasteiger partial charge in [-0.15, -0.1) is 0 Å². The molecule has 1 aliphatic carbocycles. The minimum atomic E-state index is -0.888. The summed E-state index contributed by atoms with van der Waals surface area (Å²) in [6.45, 7) is 1.69. The topological polar surface area (TPSA) is 38.7 Å². The van der Waals surface area contributed by atoms with E-state index in [1.54, 1.807) is 45.4 Å². The van der Waals surface area contributed by atoms with E-state index in [1.807, 2.05) is 0 Å². The van der Waals surface area contributed by atoms with Gasteiger partial charge >= 0.3 is 0 Å². The Morgan fingerprint density at radius 2 is 1.42 bits per heavy atom. The zero-order valence-electron chi connectivity index (χ0n) is 7.57. The summed E-state index contributed by atoms with van der Waals surface area (Å²) in [6.07, 6.45) is 6.65. The number of hydrogen-bond acceptors (Lipinski definition) is 3. The third-order valence-corrected chi connectivity index (χ3v) is 1.94. The second-order valence-corrected chi connectivity index (χ2v) is 3.02. The summed E-state index contributed by atoms with van der Waals surface area (Å²) < 4.78 is 10.2. The molecule has 3 nitrogen and oxygen atoms in total. The minimum Gasteiger partial charge on any atom is -0.382 e. The Morgan fingerprint density at radius 3 is 1.75 bits per heavy atom. The number of methoxy groups -OCH3 is 2. The van der Waals surface area contributed by atoms with Gasteiger partial charge in [-0.1, -0.05) is 0 Å². The van der Waals surface area contributed by atoms with Gasteiger partial charge in [0.1, 0.15) is 0 Å². The largest absolute Gasteiger partial charge is 0.382 e. The van der Waals surface area contributed by atoms with Crippen LogP contribution in [0.1, 0.15) is 6.92 Å². The maximum absolute atomic E-state index is 9.51. The van der Waals surface area contributed by atoms with Crippen LogP contribution in [0.2, 0.25) is 0 Å². The highest BCUT2D eigenvalue weighted by Crippen LogP contribution is 2.24. The minimum absolute atomic E-state index is 0.803. The number of rotatable bonds is 2. The Labute approximate surface area is 72.3 Å². The predicted molar refractivity (Wildman–Crippen MR) is 45.7 cm³/mol. The van der Waals surface area contributed by atoms with Gasteiger partial charge in [-0.05, 0) is 31.2 Å². The molecule has 0 atom stereocenters. The van der Waals surface area contributed by atoms with Crippen LogP contribution in [0.3, 0.4) is 0 Å². The molecule has 0 aromatic rings. The van der Waals surface area contributed by atoms with Crippen molar-refractivity contribution in [2.24, 2.45) is 0 Å². The van der Waals surface area contributed by atoms with Crippen LogP contribution >= 0.6 is 0 Å². The first-order valence-electron chi connectivity index (χ1n) is 3.77. The van der Waals surface area contributed by atoms with Gasteiger partial charge in [0.05, 0.1) is 5.60 Å². The van der Waals surface area contributed by atoms with E-state index in [4.69, 9.17) is 9.47 Å². The van der Waals surface area contributed by atoms with Crippen LogP contribution in [-0.4, -0.2) is 30.7 Å². The van der Waals surface area contributed by atoms with Gasteiger partial charge < -0.3 is 14.6 Å². The summed E-state index contributed by atoms with van der Waals surface area (Å²) in [5, 5.41) is 9.51. The van der Waals surface area contributed by atoms with Gasteiger partial charge in [0.25, 0.3) is 0 Å². The maximum atomic E-state index is 9.51. The smallest absolute Gasteiger partial charge is 0.207 e. The highest BCUT2D eigenvalue weighted by atomic mass is 16.7.